The maximum absolute atomic E-state index is 7.13. The molecule has 0 atom stereocenters. The molecule has 12 heavy (non-hydrogen) atoms. The van der Waals surface area contributed by atoms with Crippen LogP contribution >= 0.6 is 0 Å². The van der Waals surface area contributed by atoms with Crippen molar-refractivity contribution in [2.45, 2.75) is 27.2 Å². The van der Waals surface area contributed by atoms with Crippen LogP contribution in [-0.2, 0) is 0 Å². The summed E-state index contributed by atoms with van der Waals surface area (Å²) in [7, 11) is 0. The van der Waals surface area contributed by atoms with E-state index in [0.717, 1.165) is 19.5 Å². The zero-order chi connectivity index (χ0) is 9.56. The van der Waals surface area contributed by atoms with Gasteiger partial charge in [0.05, 0.1) is 0 Å². The average Bonchev–Trinajstić information content (AvgIpc) is 2.09. The van der Waals surface area contributed by atoms with Gasteiger partial charge in [0.2, 0.25) is 0 Å². The molecule has 0 unspecified atom stereocenters. The number of hydrogen-bond acceptors (Lipinski definition) is 1. The molecule has 0 aliphatic carbocycles. The molecule has 0 fully saturated rings. The first-order valence-corrected chi connectivity index (χ1v) is 4.45. The van der Waals surface area contributed by atoms with Crippen molar-refractivity contribution in [1.29, 1.82) is 5.41 Å². The van der Waals surface area contributed by atoms with Crippen LogP contribution in [0.25, 0.3) is 0 Å². The Morgan fingerprint density at radius 2 is 2.17 bits per heavy atom. The minimum Gasteiger partial charge on any atom is -0.370 e. The number of rotatable bonds is 0. The molecule has 0 amide bonds. The van der Waals surface area contributed by atoms with E-state index in [9.17, 15) is 0 Å². The molecule has 0 saturated heterocycles. The van der Waals surface area contributed by atoms with E-state index in [2.05, 4.69) is 13.0 Å². The summed E-state index contributed by atoms with van der Waals surface area (Å²) < 4.78 is 0. The zero-order valence-corrected chi connectivity index (χ0v) is 8.22. The summed E-state index contributed by atoms with van der Waals surface area (Å²) >= 11 is 0. The molecule has 70 valence electrons. The van der Waals surface area contributed by atoms with Crippen LogP contribution in [0.5, 0.6) is 0 Å². The van der Waals surface area contributed by atoms with E-state index in [4.69, 9.17) is 11.1 Å². The van der Waals surface area contributed by atoms with Crippen LogP contribution in [0.3, 0.4) is 0 Å². The van der Waals surface area contributed by atoms with E-state index in [1.165, 1.54) is 5.57 Å². The van der Waals surface area contributed by atoms with Gasteiger partial charge in [-0.25, -0.2) is 0 Å². The Morgan fingerprint density at radius 1 is 1.58 bits per heavy atom. The molecule has 0 saturated carbocycles. The van der Waals surface area contributed by atoms with E-state index >= 15 is 0 Å². The first-order valence-electron chi connectivity index (χ1n) is 4.45. The van der Waals surface area contributed by atoms with Gasteiger partial charge in [-0.15, -0.1) is 0 Å². The van der Waals surface area contributed by atoms with Crippen LogP contribution in [-0.4, -0.2) is 23.9 Å². The molecule has 0 aromatic heterocycles. The van der Waals surface area contributed by atoms with Crippen molar-refractivity contribution < 1.29 is 0 Å². The van der Waals surface area contributed by atoms with Crippen LogP contribution in [0.15, 0.2) is 11.6 Å². The van der Waals surface area contributed by atoms with Crippen molar-refractivity contribution in [1.82, 2.24) is 4.90 Å². The normalized spacial score (nSPS) is 15.9. The average molecular weight is 169 g/mol. The topological polar surface area (TPSA) is 53.1 Å². The first kappa shape index (κ1) is 11.0. The zero-order valence-electron chi connectivity index (χ0n) is 8.22. The van der Waals surface area contributed by atoms with Crippen molar-refractivity contribution in [3.63, 3.8) is 0 Å². The lowest BCUT2D eigenvalue weighted by atomic mass is 10.1. The monoisotopic (exact) mass is 169 g/mol. The fraction of sp³-hybridized carbons (Fsp3) is 0.667. The van der Waals surface area contributed by atoms with Crippen LogP contribution in [0.4, 0.5) is 0 Å². The molecule has 1 heterocycles. The van der Waals surface area contributed by atoms with E-state index in [1.54, 1.807) is 0 Å². The van der Waals surface area contributed by atoms with Gasteiger partial charge in [0.1, 0.15) is 0 Å². The van der Waals surface area contributed by atoms with Crippen molar-refractivity contribution in [3.8, 4) is 0 Å². The molecule has 1 aliphatic heterocycles. The lowest BCUT2D eigenvalue weighted by molar-refractivity contribution is 0.437. The predicted molar refractivity (Wildman–Crippen MR) is 53.2 cm³/mol. The Hall–Kier alpha value is -0.990. The fourth-order valence-electron chi connectivity index (χ4n) is 0.989. The number of hydrogen-bond donors (Lipinski definition) is 2. The molecule has 0 aromatic carbocycles. The van der Waals surface area contributed by atoms with Gasteiger partial charge >= 0.3 is 0 Å². The van der Waals surface area contributed by atoms with Gasteiger partial charge in [-0.3, -0.25) is 5.41 Å². The number of guanidine groups is 1. The Bertz CT molecular complexity index is 173. The van der Waals surface area contributed by atoms with Crippen molar-refractivity contribution >= 4 is 5.96 Å². The molecule has 0 aromatic rings. The first-order chi connectivity index (χ1) is 5.70. The highest BCUT2D eigenvalue weighted by Gasteiger charge is 2.08. The van der Waals surface area contributed by atoms with Gasteiger partial charge in [0, 0.05) is 13.1 Å². The number of nitrogens with two attached hydrogens (primary N) is 1. The lowest BCUT2D eigenvalue weighted by Crippen LogP contribution is -2.39. The van der Waals surface area contributed by atoms with Gasteiger partial charge < -0.3 is 10.6 Å². The molecule has 1 aliphatic rings. The van der Waals surface area contributed by atoms with Crippen molar-refractivity contribution in [2.24, 2.45) is 5.73 Å². The third kappa shape index (κ3) is 3.42. The Morgan fingerprint density at radius 3 is 2.50 bits per heavy atom. The molecular weight excluding hydrogens is 150 g/mol. The maximum atomic E-state index is 7.13. The molecule has 3 nitrogen and oxygen atoms in total. The second-order valence-corrected chi connectivity index (χ2v) is 2.63. The molecule has 0 radical (unpaired) electrons. The number of nitrogens with one attached hydrogen (secondary N) is 1. The number of nitrogens with zero attached hydrogens (tertiary/aromatic N) is 1. The minimum atomic E-state index is 0.184. The smallest absolute Gasteiger partial charge is 0.188 e. The standard InChI is InChI=1S/C7H13N3.C2H6/c1-6-2-4-10(5-3-6)7(8)9;1-2/h2H,3-5H2,1H3,(H3,8,9);1-2H3. The predicted octanol–water partition coefficient (Wildman–Crippen LogP) is 1.56. The van der Waals surface area contributed by atoms with Gasteiger partial charge in [-0.1, -0.05) is 25.5 Å². The largest absolute Gasteiger partial charge is 0.370 e. The highest BCUT2D eigenvalue weighted by molar-refractivity contribution is 5.74. The molecule has 3 heteroatoms. The van der Waals surface area contributed by atoms with Gasteiger partial charge in [0.25, 0.3) is 0 Å². The highest BCUT2D eigenvalue weighted by atomic mass is 15.2. The third-order valence-electron chi connectivity index (χ3n) is 1.78. The van der Waals surface area contributed by atoms with Gasteiger partial charge in [-0.2, -0.15) is 0 Å². The summed E-state index contributed by atoms with van der Waals surface area (Å²) in [6.45, 7) is 7.82. The van der Waals surface area contributed by atoms with E-state index in [-0.39, 0.29) is 5.96 Å². The Kier molecular flexibility index (Phi) is 5.17. The highest BCUT2D eigenvalue weighted by Crippen LogP contribution is 2.07. The Balaban J connectivity index is 0.000000561. The summed E-state index contributed by atoms with van der Waals surface area (Å²) in [5, 5.41) is 7.13. The minimum absolute atomic E-state index is 0.184. The van der Waals surface area contributed by atoms with Crippen LogP contribution in [0.1, 0.15) is 27.2 Å². The summed E-state index contributed by atoms with van der Waals surface area (Å²) in [6.07, 6.45) is 3.16. The summed E-state index contributed by atoms with van der Waals surface area (Å²) in [5.74, 6) is 0.184. The molecule has 3 N–H and O–H groups in total. The van der Waals surface area contributed by atoms with E-state index in [0.29, 0.717) is 0 Å². The quantitative estimate of drug-likeness (QED) is 0.328. The van der Waals surface area contributed by atoms with Crippen molar-refractivity contribution in [3.05, 3.63) is 11.6 Å². The van der Waals surface area contributed by atoms with Crippen LogP contribution < -0.4 is 5.73 Å². The van der Waals surface area contributed by atoms with Crippen molar-refractivity contribution in [2.75, 3.05) is 13.1 Å². The van der Waals surface area contributed by atoms with Crippen LogP contribution in [0.2, 0.25) is 0 Å². The maximum Gasteiger partial charge on any atom is 0.188 e. The third-order valence-corrected chi connectivity index (χ3v) is 1.78. The second-order valence-electron chi connectivity index (χ2n) is 2.63. The van der Waals surface area contributed by atoms with E-state index in [1.807, 2.05) is 18.7 Å². The fourth-order valence-corrected chi connectivity index (χ4v) is 0.989. The molecule has 0 spiro atoms. The van der Waals surface area contributed by atoms with Crippen LogP contribution in [0, 0.1) is 5.41 Å². The van der Waals surface area contributed by atoms with E-state index < -0.39 is 0 Å². The van der Waals surface area contributed by atoms with Gasteiger partial charge in [0.15, 0.2) is 5.96 Å². The summed E-state index contributed by atoms with van der Waals surface area (Å²) in [5.41, 5.74) is 6.69. The molecular formula is C9H19N3. The molecule has 0 bridgehead atoms. The summed E-state index contributed by atoms with van der Waals surface area (Å²) in [6, 6.07) is 0. The van der Waals surface area contributed by atoms with Gasteiger partial charge in [-0.05, 0) is 13.3 Å². The SMILES string of the molecule is CC.CC1=CCN(C(=N)N)CC1. The molecule has 1 rings (SSSR count). The summed E-state index contributed by atoms with van der Waals surface area (Å²) in [4.78, 5) is 1.85. The lowest BCUT2D eigenvalue weighted by Gasteiger charge is -2.25. The Labute approximate surface area is 74.8 Å². The second kappa shape index (κ2) is 5.63.